The fourth-order valence-corrected chi connectivity index (χ4v) is 2.32. The second kappa shape index (κ2) is 7.57. The number of rotatable bonds is 5. The smallest absolute Gasteiger partial charge is 0.388 e. The maximum Gasteiger partial charge on any atom is 0.388 e. The number of carbonyl (C=O) groups is 1. The number of aromatic nitrogens is 1. The van der Waals surface area contributed by atoms with Crippen molar-refractivity contribution in [2.24, 2.45) is 0 Å². The van der Waals surface area contributed by atoms with E-state index in [-0.39, 0.29) is 17.1 Å². The molecule has 2 aromatic rings. The van der Waals surface area contributed by atoms with Gasteiger partial charge in [-0.2, -0.15) is 8.78 Å². The van der Waals surface area contributed by atoms with Gasteiger partial charge in [0.25, 0.3) is 5.91 Å². The van der Waals surface area contributed by atoms with E-state index in [0.29, 0.717) is 5.02 Å². The van der Waals surface area contributed by atoms with E-state index in [1.165, 1.54) is 18.0 Å². The Bertz CT molecular complexity index is 714. The number of benzene rings is 1. The number of amides is 1. The zero-order valence-corrected chi connectivity index (χ0v) is 13.5. The zero-order chi connectivity index (χ0) is 17.0. The van der Waals surface area contributed by atoms with E-state index in [9.17, 15) is 13.6 Å². The molecular formula is C15H12Cl2F2N2O2. The maximum absolute atomic E-state index is 12.5. The van der Waals surface area contributed by atoms with E-state index in [1.54, 1.807) is 24.3 Å². The number of hydrogen-bond acceptors (Lipinski definition) is 3. The molecule has 0 bridgehead atoms. The Hall–Kier alpha value is -1.92. The molecule has 1 aromatic carbocycles. The number of nitrogens with zero attached hydrogens (tertiary/aromatic N) is 2. The van der Waals surface area contributed by atoms with Crippen LogP contribution in [0.3, 0.4) is 0 Å². The normalized spacial score (nSPS) is 10.7. The minimum Gasteiger partial charge on any atom is -0.416 e. The van der Waals surface area contributed by atoms with Crippen LogP contribution in [0.5, 0.6) is 5.88 Å². The second-order valence-corrected chi connectivity index (χ2v) is 5.55. The van der Waals surface area contributed by atoms with Crippen LogP contribution in [0.2, 0.25) is 10.0 Å². The van der Waals surface area contributed by atoms with E-state index in [0.717, 1.165) is 11.8 Å². The molecule has 0 aliphatic heterocycles. The predicted octanol–water partition coefficient (Wildman–Crippen LogP) is 4.26. The standard InChI is InChI=1S/C15H12Cl2F2N2O2/c1-21(8-9-3-2-4-10(16)5-9)14(22)12-6-11(17)7-20-13(12)23-15(18)19/h2-7,15H,8H2,1H3. The van der Waals surface area contributed by atoms with Crippen molar-refractivity contribution in [3.05, 3.63) is 57.7 Å². The summed E-state index contributed by atoms with van der Waals surface area (Å²) in [5.74, 6) is -1.01. The molecule has 0 unspecified atom stereocenters. The first kappa shape index (κ1) is 17.4. The quantitative estimate of drug-likeness (QED) is 0.799. The van der Waals surface area contributed by atoms with Crippen molar-refractivity contribution in [3.63, 3.8) is 0 Å². The molecule has 0 fully saturated rings. The Balaban J connectivity index is 2.23. The van der Waals surface area contributed by atoms with Crippen LogP contribution >= 0.6 is 23.2 Å². The lowest BCUT2D eigenvalue weighted by Gasteiger charge is -2.19. The Labute approximate surface area is 141 Å². The summed E-state index contributed by atoms with van der Waals surface area (Å²) >= 11 is 11.7. The Morgan fingerprint density at radius 2 is 2.04 bits per heavy atom. The molecule has 2 rings (SSSR count). The number of alkyl halides is 2. The summed E-state index contributed by atoms with van der Waals surface area (Å²) < 4.78 is 29.1. The van der Waals surface area contributed by atoms with Gasteiger partial charge in [0.1, 0.15) is 5.56 Å². The van der Waals surface area contributed by atoms with Crippen molar-refractivity contribution in [1.29, 1.82) is 0 Å². The van der Waals surface area contributed by atoms with Gasteiger partial charge in [-0.3, -0.25) is 4.79 Å². The molecule has 0 saturated heterocycles. The first-order valence-corrected chi connectivity index (χ1v) is 7.22. The highest BCUT2D eigenvalue weighted by molar-refractivity contribution is 6.31. The summed E-state index contributed by atoms with van der Waals surface area (Å²) in [4.78, 5) is 17.4. The first-order chi connectivity index (χ1) is 10.9. The van der Waals surface area contributed by atoms with Gasteiger partial charge in [-0.05, 0) is 23.8 Å². The third-order valence-corrected chi connectivity index (χ3v) is 3.35. The highest BCUT2D eigenvalue weighted by atomic mass is 35.5. The Kier molecular flexibility index (Phi) is 5.74. The summed E-state index contributed by atoms with van der Waals surface area (Å²) in [7, 11) is 1.52. The van der Waals surface area contributed by atoms with E-state index in [4.69, 9.17) is 23.2 Å². The number of pyridine rings is 1. The molecule has 0 atom stereocenters. The third-order valence-electron chi connectivity index (χ3n) is 2.90. The monoisotopic (exact) mass is 360 g/mol. The van der Waals surface area contributed by atoms with Gasteiger partial charge in [0, 0.05) is 24.8 Å². The summed E-state index contributed by atoms with van der Waals surface area (Å²) in [6.07, 6.45) is 1.13. The molecule has 0 N–H and O–H groups in total. The van der Waals surface area contributed by atoms with E-state index in [1.807, 2.05) is 0 Å². The van der Waals surface area contributed by atoms with Crippen LogP contribution in [0, 0.1) is 0 Å². The van der Waals surface area contributed by atoms with Crippen LogP contribution in [0.15, 0.2) is 36.5 Å². The lowest BCUT2D eigenvalue weighted by molar-refractivity contribution is -0.0533. The van der Waals surface area contributed by atoms with Crippen LogP contribution in [0.1, 0.15) is 15.9 Å². The van der Waals surface area contributed by atoms with Gasteiger partial charge in [0.05, 0.1) is 5.02 Å². The van der Waals surface area contributed by atoms with Crippen molar-refractivity contribution in [1.82, 2.24) is 9.88 Å². The minimum atomic E-state index is -3.09. The molecule has 0 radical (unpaired) electrons. The third kappa shape index (κ3) is 4.77. The van der Waals surface area contributed by atoms with E-state index < -0.39 is 18.4 Å². The van der Waals surface area contributed by atoms with E-state index >= 15 is 0 Å². The lowest BCUT2D eigenvalue weighted by atomic mass is 10.2. The lowest BCUT2D eigenvalue weighted by Crippen LogP contribution is -2.27. The van der Waals surface area contributed by atoms with Crippen LogP contribution in [0.25, 0.3) is 0 Å². The van der Waals surface area contributed by atoms with Crippen molar-refractivity contribution in [3.8, 4) is 5.88 Å². The average Bonchev–Trinajstić information content (AvgIpc) is 2.48. The zero-order valence-electron chi connectivity index (χ0n) is 12.0. The van der Waals surface area contributed by atoms with Crippen LogP contribution in [0.4, 0.5) is 8.78 Å². The molecular weight excluding hydrogens is 349 g/mol. The molecule has 0 spiro atoms. The molecule has 23 heavy (non-hydrogen) atoms. The average molecular weight is 361 g/mol. The van der Waals surface area contributed by atoms with Crippen molar-refractivity contribution in [2.75, 3.05) is 7.05 Å². The molecule has 0 saturated carbocycles. The molecule has 1 heterocycles. The maximum atomic E-state index is 12.5. The van der Waals surface area contributed by atoms with Gasteiger partial charge >= 0.3 is 6.61 Å². The highest BCUT2D eigenvalue weighted by Gasteiger charge is 2.21. The van der Waals surface area contributed by atoms with Gasteiger partial charge < -0.3 is 9.64 Å². The van der Waals surface area contributed by atoms with E-state index in [2.05, 4.69) is 9.72 Å². The molecule has 4 nitrogen and oxygen atoms in total. The first-order valence-electron chi connectivity index (χ1n) is 6.47. The Morgan fingerprint density at radius 3 is 2.70 bits per heavy atom. The predicted molar refractivity (Wildman–Crippen MR) is 83.1 cm³/mol. The number of ether oxygens (including phenoxy) is 1. The largest absolute Gasteiger partial charge is 0.416 e. The molecule has 122 valence electrons. The topological polar surface area (TPSA) is 42.4 Å². The summed E-state index contributed by atoms with van der Waals surface area (Å²) in [5, 5.41) is 0.681. The molecule has 1 aromatic heterocycles. The van der Waals surface area contributed by atoms with Crippen molar-refractivity contribution < 1.29 is 18.3 Å². The number of carbonyl (C=O) groups excluding carboxylic acids is 1. The van der Waals surface area contributed by atoms with Crippen molar-refractivity contribution >= 4 is 29.1 Å². The molecule has 1 amide bonds. The highest BCUT2D eigenvalue weighted by Crippen LogP contribution is 2.23. The second-order valence-electron chi connectivity index (χ2n) is 4.68. The van der Waals surface area contributed by atoms with Crippen LogP contribution in [-0.2, 0) is 6.54 Å². The van der Waals surface area contributed by atoms with Gasteiger partial charge in [-0.25, -0.2) is 4.98 Å². The molecule has 0 aliphatic carbocycles. The molecule has 8 heteroatoms. The fourth-order valence-electron chi connectivity index (χ4n) is 1.94. The fraction of sp³-hybridized carbons (Fsp3) is 0.200. The number of hydrogen-bond donors (Lipinski definition) is 0. The summed E-state index contributed by atoms with van der Waals surface area (Å²) in [6, 6.07) is 8.20. The summed E-state index contributed by atoms with van der Waals surface area (Å²) in [5.41, 5.74) is 0.655. The van der Waals surface area contributed by atoms with Gasteiger partial charge in [0.15, 0.2) is 0 Å². The van der Waals surface area contributed by atoms with Gasteiger partial charge in [-0.1, -0.05) is 35.3 Å². The molecule has 0 aliphatic rings. The summed E-state index contributed by atoms with van der Waals surface area (Å²) in [6.45, 7) is -2.85. The van der Waals surface area contributed by atoms with Crippen LogP contribution < -0.4 is 4.74 Å². The Morgan fingerprint density at radius 1 is 1.30 bits per heavy atom. The minimum absolute atomic E-state index is 0.137. The van der Waals surface area contributed by atoms with Gasteiger partial charge in [0.2, 0.25) is 5.88 Å². The van der Waals surface area contributed by atoms with Crippen LogP contribution in [-0.4, -0.2) is 29.5 Å². The van der Waals surface area contributed by atoms with Crippen molar-refractivity contribution in [2.45, 2.75) is 13.2 Å². The SMILES string of the molecule is CN(Cc1cccc(Cl)c1)C(=O)c1cc(Cl)cnc1OC(F)F. The van der Waals surface area contributed by atoms with Gasteiger partial charge in [-0.15, -0.1) is 0 Å². The number of halogens is 4.